The van der Waals surface area contributed by atoms with Gasteiger partial charge in [-0.3, -0.25) is 0 Å². The summed E-state index contributed by atoms with van der Waals surface area (Å²) in [4.78, 5) is 0. The Bertz CT molecular complexity index is 372. The molecule has 0 bridgehead atoms. The molecule has 0 aromatic heterocycles. The maximum atomic E-state index is 9.92. The Hall–Kier alpha value is -0.740. The highest BCUT2D eigenvalue weighted by Crippen LogP contribution is 2.52. The van der Waals surface area contributed by atoms with Crippen LogP contribution >= 0.6 is 15.9 Å². The van der Waals surface area contributed by atoms with Gasteiger partial charge in [-0.15, -0.1) is 0 Å². The Balaban J connectivity index is 2.55. The molecule has 2 N–H and O–H groups in total. The number of hydrogen-bond acceptors (Lipinski definition) is 3. The number of phenolic OH excluding ortho intramolecular Hbond substituents is 1. The largest absolute Gasteiger partial charge is 0.503 e. The molecule has 0 aliphatic heterocycles. The molecule has 0 amide bonds. The van der Waals surface area contributed by atoms with Crippen molar-refractivity contribution in [2.75, 3.05) is 7.11 Å². The lowest BCUT2D eigenvalue weighted by atomic mass is 10.1. The molecule has 0 saturated heterocycles. The minimum absolute atomic E-state index is 0.0466. The number of benzene rings is 1. The fourth-order valence-electron chi connectivity index (χ4n) is 1.51. The zero-order valence-corrected chi connectivity index (χ0v) is 9.34. The first-order valence-corrected chi connectivity index (χ1v) is 5.16. The maximum Gasteiger partial charge on any atom is 0.172 e. The van der Waals surface area contributed by atoms with Crippen LogP contribution < -0.4 is 4.74 Å². The molecular weight excluding hydrogens is 248 g/mol. The smallest absolute Gasteiger partial charge is 0.172 e. The molecule has 1 aliphatic carbocycles. The van der Waals surface area contributed by atoms with Gasteiger partial charge in [-0.1, -0.05) is 6.07 Å². The Labute approximate surface area is 90.5 Å². The first-order chi connectivity index (χ1) is 6.58. The normalized spacial score (nSPS) is 17.9. The average molecular weight is 259 g/mol. The Morgan fingerprint density at radius 2 is 2.07 bits per heavy atom. The zero-order chi connectivity index (χ0) is 10.3. The van der Waals surface area contributed by atoms with Crippen LogP contribution in [0.15, 0.2) is 16.6 Å². The molecule has 0 heterocycles. The van der Waals surface area contributed by atoms with Crippen molar-refractivity contribution in [1.82, 2.24) is 0 Å². The molecule has 0 spiro atoms. The van der Waals surface area contributed by atoms with Gasteiger partial charge in [-0.25, -0.2) is 0 Å². The van der Waals surface area contributed by atoms with Crippen LogP contribution in [0.25, 0.3) is 0 Å². The van der Waals surface area contributed by atoms with E-state index in [0.717, 1.165) is 12.8 Å². The van der Waals surface area contributed by atoms with E-state index in [4.69, 9.17) is 4.74 Å². The summed E-state index contributed by atoms with van der Waals surface area (Å²) in [6.07, 6.45) is 1.45. The lowest BCUT2D eigenvalue weighted by Gasteiger charge is -2.15. The second-order valence-corrected chi connectivity index (χ2v) is 4.36. The predicted molar refractivity (Wildman–Crippen MR) is 55.5 cm³/mol. The van der Waals surface area contributed by atoms with Crippen molar-refractivity contribution in [3.8, 4) is 11.5 Å². The molecule has 0 atom stereocenters. The van der Waals surface area contributed by atoms with Gasteiger partial charge in [-0.2, -0.15) is 0 Å². The molecule has 1 aromatic carbocycles. The lowest BCUT2D eigenvalue weighted by molar-refractivity contribution is 0.146. The Kier molecular flexibility index (Phi) is 2.20. The van der Waals surface area contributed by atoms with Crippen LogP contribution in [0.2, 0.25) is 0 Å². The summed E-state index contributed by atoms with van der Waals surface area (Å²) in [6, 6.07) is 3.49. The summed E-state index contributed by atoms with van der Waals surface area (Å²) in [6.45, 7) is 0. The third kappa shape index (κ3) is 1.38. The molecule has 0 radical (unpaired) electrons. The quantitative estimate of drug-likeness (QED) is 0.855. The van der Waals surface area contributed by atoms with E-state index < -0.39 is 5.60 Å². The molecule has 1 aromatic rings. The van der Waals surface area contributed by atoms with Gasteiger partial charge in [0.25, 0.3) is 0 Å². The van der Waals surface area contributed by atoms with Crippen molar-refractivity contribution in [2.24, 2.45) is 0 Å². The summed E-state index contributed by atoms with van der Waals surface area (Å²) in [5, 5.41) is 19.6. The fraction of sp³-hybridized carbons (Fsp3) is 0.400. The minimum atomic E-state index is -0.788. The topological polar surface area (TPSA) is 49.7 Å². The zero-order valence-electron chi connectivity index (χ0n) is 7.75. The van der Waals surface area contributed by atoms with Gasteiger partial charge in [-0.05, 0) is 34.8 Å². The average Bonchev–Trinajstić information content (AvgIpc) is 2.89. The molecule has 76 valence electrons. The van der Waals surface area contributed by atoms with Gasteiger partial charge < -0.3 is 14.9 Å². The highest BCUT2D eigenvalue weighted by Gasteiger charge is 2.45. The summed E-state index contributed by atoms with van der Waals surface area (Å²) in [7, 11) is 1.48. The van der Waals surface area contributed by atoms with Gasteiger partial charge in [0.2, 0.25) is 0 Å². The fourth-order valence-corrected chi connectivity index (χ4v) is 1.82. The van der Waals surface area contributed by atoms with E-state index in [1.54, 1.807) is 12.1 Å². The van der Waals surface area contributed by atoms with E-state index >= 15 is 0 Å². The first kappa shape index (κ1) is 9.80. The van der Waals surface area contributed by atoms with Gasteiger partial charge in [0, 0.05) is 5.56 Å². The number of ether oxygens (including phenoxy) is 1. The predicted octanol–water partition coefficient (Wildman–Crippen LogP) is 2.14. The number of aromatic hydroxyl groups is 1. The van der Waals surface area contributed by atoms with Gasteiger partial charge >= 0.3 is 0 Å². The van der Waals surface area contributed by atoms with Crippen LogP contribution in [0.5, 0.6) is 11.5 Å². The molecule has 1 fully saturated rings. The number of rotatable bonds is 2. The number of phenols is 1. The van der Waals surface area contributed by atoms with Crippen LogP contribution in [0.4, 0.5) is 0 Å². The van der Waals surface area contributed by atoms with Crippen LogP contribution in [0.1, 0.15) is 18.4 Å². The molecular formula is C10H11BrO3. The van der Waals surface area contributed by atoms with E-state index in [1.807, 2.05) is 0 Å². The summed E-state index contributed by atoms with van der Waals surface area (Å²) >= 11 is 3.20. The monoisotopic (exact) mass is 258 g/mol. The minimum Gasteiger partial charge on any atom is -0.503 e. The second-order valence-electron chi connectivity index (χ2n) is 3.51. The lowest BCUT2D eigenvalue weighted by Crippen LogP contribution is -2.06. The van der Waals surface area contributed by atoms with Crippen molar-refractivity contribution < 1.29 is 14.9 Å². The van der Waals surface area contributed by atoms with E-state index in [9.17, 15) is 10.2 Å². The molecule has 14 heavy (non-hydrogen) atoms. The third-order valence-corrected chi connectivity index (χ3v) is 3.15. The van der Waals surface area contributed by atoms with Crippen molar-refractivity contribution >= 4 is 15.9 Å². The van der Waals surface area contributed by atoms with Crippen LogP contribution in [0.3, 0.4) is 0 Å². The van der Waals surface area contributed by atoms with Crippen molar-refractivity contribution in [1.29, 1.82) is 0 Å². The van der Waals surface area contributed by atoms with E-state index in [-0.39, 0.29) is 5.75 Å². The SMILES string of the molecule is COc1c(C2(O)CC2)ccc(Br)c1O. The first-order valence-electron chi connectivity index (χ1n) is 4.37. The highest BCUT2D eigenvalue weighted by atomic mass is 79.9. The maximum absolute atomic E-state index is 9.92. The number of aliphatic hydroxyl groups is 1. The number of methoxy groups -OCH3 is 1. The molecule has 1 saturated carbocycles. The van der Waals surface area contributed by atoms with Gasteiger partial charge in [0.1, 0.15) is 0 Å². The summed E-state index contributed by atoms with van der Waals surface area (Å²) < 4.78 is 5.66. The van der Waals surface area contributed by atoms with E-state index in [2.05, 4.69) is 15.9 Å². The molecule has 0 unspecified atom stereocenters. The van der Waals surface area contributed by atoms with Crippen molar-refractivity contribution in [3.63, 3.8) is 0 Å². The number of hydrogen-bond donors (Lipinski definition) is 2. The summed E-state index contributed by atoms with van der Waals surface area (Å²) in [5.74, 6) is 0.407. The molecule has 2 rings (SSSR count). The van der Waals surface area contributed by atoms with E-state index in [0.29, 0.717) is 15.8 Å². The van der Waals surface area contributed by atoms with Crippen molar-refractivity contribution in [3.05, 3.63) is 22.2 Å². The highest BCUT2D eigenvalue weighted by molar-refractivity contribution is 9.10. The third-order valence-electron chi connectivity index (χ3n) is 2.51. The van der Waals surface area contributed by atoms with Crippen LogP contribution in [-0.4, -0.2) is 17.3 Å². The standard InChI is InChI=1S/C10H11BrO3/c1-14-9-6(10(13)4-5-10)2-3-7(11)8(9)12/h2-3,12-13H,4-5H2,1H3. The second kappa shape index (κ2) is 3.14. The molecule has 3 nitrogen and oxygen atoms in total. The van der Waals surface area contributed by atoms with E-state index in [1.165, 1.54) is 7.11 Å². The van der Waals surface area contributed by atoms with Gasteiger partial charge in [0.15, 0.2) is 11.5 Å². The van der Waals surface area contributed by atoms with Crippen LogP contribution in [-0.2, 0) is 5.60 Å². The Morgan fingerprint density at radius 3 is 2.57 bits per heavy atom. The molecule has 4 heteroatoms. The molecule has 1 aliphatic rings. The van der Waals surface area contributed by atoms with Gasteiger partial charge in [0.05, 0.1) is 17.2 Å². The number of halogens is 1. The Morgan fingerprint density at radius 1 is 1.43 bits per heavy atom. The van der Waals surface area contributed by atoms with Crippen LogP contribution in [0, 0.1) is 0 Å². The summed E-state index contributed by atoms with van der Waals surface area (Å²) in [5.41, 5.74) is -0.121. The van der Waals surface area contributed by atoms with Crippen molar-refractivity contribution in [2.45, 2.75) is 18.4 Å².